The lowest BCUT2D eigenvalue weighted by Crippen LogP contribution is -2.50. The number of Topliss-reactive ketones (excluding diaryl/α,β-unsaturated/α-hetero) is 1. The lowest BCUT2D eigenvalue weighted by atomic mass is 9.50. The zero-order valence-corrected chi connectivity index (χ0v) is 21.5. The predicted molar refractivity (Wildman–Crippen MR) is 129 cm³/mol. The number of carbonyl (C=O) groups is 2. The number of carbonyl (C=O) groups excluding carboxylic acids is 2. The summed E-state index contributed by atoms with van der Waals surface area (Å²) in [6.07, 6.45) is 10.7. The molecule has 3 unspecified atom stereocenters. The smallest absolute Gasteiger partial charge is 0.139 e. The molecule has 3 heteroatoms. The second-order valence-electron chi connectivity index (χ2n) is 12.0. The molecule has 0 aromatic carbocycles. The molecule has 0 saturated heterocycles. The van der Waals surface area contributed by atoms with Crippen molar-refractivity contribution in [2.24, 2.45) is 46.3 Å². The van der Waals surface area contributed by atoms with Crippen molar-refractivity contribution in [3.8, 4) is 0 Å². The third-order valence-electron chi connectivity index (χ3n) is 9.79. The minimum atomic E-state index is -0.230. The first-order valence-electron chi connectivity index (χ1n) is 13.2. The van der Waals surface area contributed by atoms with Crippen LogP contribution in [0.25, 0.3) is 0 Å². The van der Waals surface area contributed by atoms with E-state index in [1.165, 1.54) is 12.8 Å². The fourth-order valence-corrected chi connectivity index (χ4v) is 7.38. The second-order valence-corrected chi connectivity index (χ2v) is 12.0. The first-order chi connectivity index (χ1) is 14.5. The summed E-state index contributed by atoms with van der Waals surface area (Å²) in [7, 11) is 0. The van der Waals surface area contributed by atoms with Crippen LogP contribution in [0.3, 0.4) is 0 Å². The van der Waals surface area contributed by atoms with Gasteiger partial charge in [-0.25, -0.2) is 0 Å². The molecule has 3 nitrogen and oxygen atoms in total. The topological polar surface area (TPSA) is 54.4 Å². The summed E-state index contributed by atoms with van der Waals surface area (Å²) in [6, 6.07) is 0. The van der Waals surface area contributed by atoms with Crippen LogP contribution < -0.4 is 0 Å². The highest BCUT2D eigenvalue weighted by atomic mass is 16.3. The van der Waals surface area contributed by atoms with E-state index in [4.69, 9.17) is 0 Å². The molecule has 8 atom stereocenters. The minimum Gasteiger partial charge on any atom is -0.393 e. The normalized spacial score (nSPS) is 34.1. The molecule has 2 saturated carbocycles. The number of rotatable bonds is 12. The molecule has 180 valence electrons. The number of hydrogen-bond donors (Lipinski definition) is 1. The van der Waals surface area contributed by atoms with Gasteiger partial charge in [-0.1, -0.05) is 48.5 Å². The molecule has 0 aliphatic heterocycles. The van der Waals surface area contributed by atoms with Crippen molar-refractivity contribution in [2.45, 2.75) is 119 Å². The summed E-state index contributed by atoms with van der Waals surface area (Å²) in [5, 5.41) is 10.2. The van der Waals surface area contributed by atoms with Crippen molar-refractivity contribution in [3.05, 3.63) is 0 Å². The molecular formula is C28H50O3. The van der Waals surface area contributed by atoms with Gasteiger partial charge in [-0.05, 0) is 92.3 Å². The molecule has 1 N–H and O–H groups in total. The number of hydrogen-bond acceptors (Lipinski definition) is 3. The summed E-state index contributed by atoms with van der Waals surface area (Å²) >= 11 is 0. The van der Waals surface area contributed by atoms with E-state index in [1.54, 1.807) is 0 Å². The average molecular weight is 435 g/mol. The quantitative estimate of drug-likeness (QED) is 0.342. The third-order valence-corrected chi connectivity index (χ3v) is 9.79. The number of aliphatic hydroxyl groups excluding tert-OH is 1. The zero-order chi connectivity index (χ0) is 23.4. The molecule has 2 rings (SSSR count). The van der Waals surface area contributed by atoms with Crippen LogP contribution in [0, 0.1) is 46.3 Å². The second kappa shape index (κ2) is 10.9. The fraction of sp³-hybridized carbons (Fsp3) is 0.929. The number of fused-ring (bicyclic) bond motifs is 1. The van der Waals surface area contributed by atoms with Gasteiger partial charge in [0.05, 0.1) is 6.10 Å². The standard InChI is InChI=1S/C28H50O3/c1-8-19(3)26(31)25-23(27(5,6)16-14-21(30)9-2)15-17-28(7)22(12-13-24(25)28)20(4)11-10-18-29/h18-25,30H,8-17H2,1-7H3/t19-,20+,21-,22+,23?,24?,25?,28+/m0/s1. The summed E-state index contributed by atoms with van der Waals surface area (Å²) in [5.41, 5.74) is 0.276. The van der Waals surface area contributed by atoms with Crippen LogP contribution in [-0.4, -0.2) is 23.3 Å². The van der Waals surface area contributed by atoms with Gasteiger partial charge in [-0.3, -0.25) is 4.79 Å². The van der Waals surface area contributed by atoms with Crippen LogP contribution in [0.15, 0.2) is 0 Å². The Balaban J connectivity index is 2.33. The molecule has 0 radical (unpaired) electrons. The third kappa shape index (κ3) is 5.63. The lowest BCUT2D eigenvalue weighted by Gasteiger charge is -2.54. The Hall–Kier alpha value is -0.700. The first-order valence-corrected chi connectivity index (χ1v) is 13.2. The number of aldehydes is 1. The van der Waals surface area contributed by atoms with Crippen LogP contribution in [0.2, 0.25) is 0 Å². The molecule has 0 aromatic rings. The molecule has 2 aliphatic carbocycles. The van der Waals surface area contributed by atoms with Crippen molar-refractivity contribution in [1.29, 1.82) is 0 Å². The first kappa shape index (κ1) is 26.6. The predicted octanol–water partition coefficient (Wildman–Crippen LogP) is 6.85. The summed E-state index contributed by atoms with van der Waals surface area (Å²) < 4.78 is 0. The van der Waals surface area contributed by atoms with E-state index < -0.39 is 0 Å². The highest BCUT2D eigenvalue weighted by Gasteiger charge is 2.58. The van der Waals surface area contributed by atoms with Crippen molar-refractivity contribution >= 4 is 12.1 Å². The van der Waals surface area contributed by atoms with Crippen LogP contribution in [0.5, 0.6) is 0 Å². The van der Waals surface area contributed by atoms with Crippen LogP contribution >= 0.6 is 0 Å². The number of aliphatic hydroxyl groups is 1. The molecule has 0 amide bonds. The van der Waals surface area contributed by atoms with Crippen molar-refractivity contribution in [2.75, 3.05) is 0 Å². The van der Waals surface area contributed by atoms with Gasteiger partial charge >= 0.3 is 0 Å². The van der Waals surface area contributed by atoms with Gasteiger partial charge in [0.15, 0.2) is 0 Å². The summed E-state index contributed by atoms with van der Waals surface area (Å²) in [4.78, 5) is 24.8. The maximum atomic E-state index is 13.8. The van der Waals surface area contributed by atoms with Gasteiger partial charge in [0.2, 0.25) is 0 Å². The Morgan fingerprint density at radius 1 is 1.13 bits per heavy atom. The van der Waals surface area contributed by atoms with E-state index in [-0.39, 0.29) is 28.8 Å². The van der Waals surface area contributed by atoms with Gasteiger partial charge in [-0.15, -0.1) is 0 Å². The highest BCUT2D eigenvalue weighted by Crippen LogP contribution is 2.64. The van der Waals surface area contributed by atoms with Crippen molar-refractivity contribution in [3.63, 3.8) is 0 Å². The molecule has 0 spiro atoms. The Kier molecular flexibility index (Phi) is 9.38. The van der Waals surface area contributed by atoms with Gasteiger partial charge in [0, 0.05) is 18.3 Å². The Morgan fingerprint density at radius 3 is 2.39 bits per heavy atom. The Bertz CT molecular complexity index is 597. The van der Waals surface area contributed by atoms with Crippen molar-refractivity contribution in [1.82, 2.24) is 0 Å². The van der Waals surface area contributed by atoms with Gasteiger partial charge in [-0.2, -0.15) is 0 Å². The monoisotopic (exact) mass is 434 g/mol. The molecule has 0 bridgehead atoms. The summed E-state index contributed by atoms with van der Waals surface area (Å²) in [6.45, 7) is 15.8. The SMILES string of the molecule is CC[C@H](O)CCC(C)(C)C1CC[C@@]2(C)C(CC[C@@H]2[C@H](C)CCC=O)C1C(=O)[C@@H](C)CC. The molecule has 2 fully saturated rings. The van der Waals surface area contributed by atoms with Crippen LogP contribution in [0.4, 0.5) is 0 Å². The van der Waals surface area contributed by atoms with E-state index >= 15 is 0 Å². The van der Waals surface area contributed by atoms with Gasteiger partial charge in [0.1, 0.15) is 12.1 Å². The van der Waals surface area contributed by atoms with Gasteiger partial charge < -0.3 is 9.90 Å². The van der Waals surface area contributed by atoms with Crippen LogP contribution in [-0.2, 0) is 9.59 Å². The van der Waals surface area contributed by atoms with E-state index in [2.05, 4.69) is 41.5 Å². The molecule has 31 heavy (non-hydrogen) atoms. The van der Waals surface area contributed by atoms with E-state index in [0.717, 1.165) is 51.2 Å². The Labute approximate surface area is 192 Å². The fourth-order valence-electron chi connectivity index (χ4n) is 7.38. The average Bonchev–Trinajstić information content (AvgIpc) is 3.10. The minimum absolute atomic E-state index is 0.0620. The van der Waals surface area contributed by atoms with Crippen molar-refractivity contribution < 1.29 is 14.7 Å². The van der Waals surface area contributed by atoms with E-state index in [1.807, 2.05) is 6.92 Å². The molecule has 0 heterocycles. The molecule has 0 aromatic heterocycles. The highest BCUT2D eigenvalue weighted by molar-refractivity contribution is 5.84. The maximum Gasteiger partial charge on any atom is 0.139 e. The maximum absolute atomic E-state index is 13.8. The number of ketones is 1. The van der Waals surface area contributed by atoms with E-state index in [9.17, 15) is 14.7 Å². The Morgan fingerprint density at radius 2 is 1.81 bits per heavy atom. The van der Waals surface area contributed by atoms with E-state index in [0.29, 0.717) is 35.9 Å². The largest absolute Gasteiger partial charge is 0.393 e. The zero-order valence-electron chi connectivity index (χ0n) is 21.5. The summed E-state index contributed by atoms with van der Waals surface area (Å²) in [5.74, 6) is 2.80. The lowest BCUT2D eigenvalue weighted by molar-refractivity contribution is -0.141. The molecular weight excluding hydrogens is 384 g/mol. The van der Waals surface area contributed by atoms with Gasteiger partial charge in [0.25, 0.3) is 0 Å². The molecule has 2 aliphatic rings. The van der Waals surface area contributed by atoms with Crippen LogP contribution in [0.1, 0.15) is 113 Å².